The van der Waals surface area contributed by atoms with E-state index in [0.717, 1.165) is 18.4 Å². The highest BCUT2D eigenvalue weighted by molar-refractivity contribution is 5.87. The first-order valence-electron chi connectivity index (χ1n) is 7.57. The molecule has 22 heavy (non-hydrogen) atoms. The quantitative estimate of drug-likeness (QED) is 0.429. The van der Waals surface area contributed by atoms with Crippen molar-refractivity contribution in [1.29, 1.82) is 0 Å². The average Bonchev–Trinajstić information content (AvgIpc) is 2.44. The maximum atomic E-state index is 11.7. The summed E-state index contributed by atoms with van der Waals surface area (Å²) >= 11 is 0. The van der Waals surface area contributed by atoms with Crippen molar-refractivity contribution >= 4 is 12.0 Å². The van der Waals surface area contributed by atoms with Crippen LogP contribution in [0.5, 0.6) is 11.5 Å². The molecule has 0 fully saturated rings. The third-order valence-corrected chi connectivity index (χ3v) is 2.76. The van der Waals surface area contributed by atoms with Crippen molar-refractivity contribution in [2.24, 2.45) is 0 Å². The lowest BCUT2D eigenvalue weighted by atomic mass is 10.1. The Labute approximate surface area is 133 Å². The van der Waals surface area contributed by atoms with E-state index in [1.165, 1.54) is 6.08 Å². The van der Waals surface area contributed by atoms with Crippen molar-refractivity contribution in [3.8, 4) is 11.5 Å². The van der Waals surface area contributed by atoms with Crippen molar-refractivity contribution in [2.45, 2.75) is 46.1 Å². The van der Waals surface area contributed by atoms with Crippen LogP contribution in [0.1, 0.15) is 46.1 Å². The Hall–Kier alpha value is -1.97. The normalized spacial score (nSPS) is 11.5. The molecule has 4 nitrogen and oxygen atoms in total. The highest BCUT2D eigenvalue weighted by Crippen LogP contribution is 2.28. The molecule has 0 amide bonds. The van der Waals surface area contributed by atoms with Gasteiger partial charge in [-0.1, -0.05) is 19.4 Å². The minimum Gasteiger partial charge on any atom is -0.493 e. The van der Waals surface area contributed by atoms with Gasteiger partial charge in [0.1, 0.15) is 5.60 Å². The highest BCUT2D eigenvalue weighted by atomic mass is 16.6. The van der Waals surface area contributed by atoms with Crippen LogP contribution in [0.4, 0.5) is 0 Å². The van der Waals surface area contributed by atoms with Crippen molar-refractivity contribution in [2.75, 3.05) is 13.7 Å². The lowest BCUT2D eigenvalue weighted by molar-refractivity contribution is -0.148. The van der Waals surface area contributed by atoms with Gasteiger partial charge in [0.2, 0.25) is 0 Å². The number of carbonyl (C=O) groups is 1. The van der Waals surface area contributed by atoms with Crippen LogP contribution in [-0.2, 0) is 9.53 Å². The first-order valence-corrected chi connectivity index (χ1v) is 7.57. The Morgan fingerprint density at radius 3 is 2.55 bits per heavy atom. The largest absolute Gasteiger partial charge is 0.493 e. The fourth-order valence-electron chi connectivity index (χ4n) is 1.73. The number of unbranched alkanes of at least 4 members (excludes halogenated alkanes) is 1. The van der Waals surface area contributed by atoms with Crippen LogP contribution in [0.15, 0.2) is 24.3 Å². The zero-order valence-electron chi connectivity index (χ0n) is 14.1. The van der Waals surface area contributed by atoms with Gasteiger partial charge in [0, 0.05) is 6.08 Å². The molecule has 1 aromatic carbocycles. The first kappa shape index (κ1) is 18.1. The van der Waals surface area contributed by atoms with E-state index in [1.807, 2.05) is 39.0 Å². The summed E-state index contributed by atoms with van der Waals surface area (Å²) in [5.74, 6) is 1.00. The highest BCUT2D eigenvalue weighted by Gasteiger charge is 2.14. The summed E-state index contributed by atoms with van der Waals surface area (Å²) in [6.07, 6.45) is 5.20. The summed E-state index contributed by atoms with van der Waals surface area (Å²) in [5, 5.41) is 0. The van der Waals surface area contributed by atoms with Gasteiger partial charge >= 0.3 is 5.97 Å². The number of ether oxygens (including phenoxy) is 3. The van der Waals surface area contributed by atoms with Gasteiger partial charge in [-0.2, -0.15) is 0 Å². The van der Waals surface area contributed by atoms with Crippen LogP contribution in [0, 0.1) is 0 Å². The van der Waals surface area contributed by atoms with E-state index in [0.29, 0.717) is 18.1 Å². The van der Waals surface area contributed by atoms with E-state index in [2.05, 4.69) is 6.92 Å². The Kier molecular flexibility index (Phi) is 6.96. The molecule has 0 unspecified atom stereocenters. The van der Waals surface area contributed by atoms with Crippen LogP contribution >= 0.6 is 0 Å². The Morgan fingerprint density at radius 2 is 1.95 bits per heavy atom. The van der Waals surface area contributed by atoms with Gasteiger partial charge in [-0.3, -0.25) is 0 Å². The minimum absolute atomic E-state index is 0.366. The van der Waals surface area contributed by atoms with Crippen molar-refractivity contribution in [3.63, 3.8) is 0 Å². The van der Waals surface area contributed by atoms with Crippen LogP contribution < -0.4 is 9.47 Å². The van der Waals surface area contributed by atoms with Crippen LogP contribution in [-0.4, -0.2) is 25.3 Å². The van der Waals surface area contributed by atoms with Gasteiger partial charge in [-0.15, -0.1) is 0 Å². The van der Waals surface area contributed by atoms with Gasteiger partial charge in [-0.05, 0) is 51.0 Å². The van der Waals surface area contributed by atoms with Crippen molar-refractivity contribution in [1.82, 2.24) is 0 Å². The molecule has 0 saturated carbocycles. The van der Waals surface area contributed by atoms with Crippen molar-refractivity contribution in [3.05, 3.63) is 29.8 Å². The molecular weight excluding hydrogens is 280 g/mol. The van der Waals surface area contributed by atoms with E-state index < -0.39 is 5.60 Å². The summed E-state index contributed by atoms with van der Waals surface area (Å²) in [7, 11) is 1.60. The molecule has 0 aliphatic heterocycles. The molecular formula is C18H26O4. The summed E-state index contributed by atoms with van der Waals surface area (Å²) in [6.45, 7) is 8.30. The fourth-order valence-corrected chi connectivity index (χ4v) is 1.73. The molecule has 0 atom stereocenters. The molecule has 4 heteroatoms. The number of hydrogen-bond donors (Lipinski definition) is 0. The molecule has 1 aromatic rings. The molecule has 0 N–H and O–H groups in total. The first-order chi connectivity index (χ1) is 10.4. The third kappa shape index (κ3) is 6.66. The van der Waals surface area contributed by atoms with E-state index in [1.54, 1.807) is 13.2 Å². The van der Waals surface area contributed by atoms with Gasteiger partial charge in [0.05, 0.1) is 13.7 Å². The second kappa shape index (κ2) is 8.47. The number of rotatable bonds is 7. The molecule has 0 spiro atoms. The van der Waals surface area contributed by atoms with Crippen molar-refractivity contribution < 1.29 is 19.0 Å². The molecule has 0 aliphatic carbocycles. The smallest absolute Gasteiger partial charge is 0.331 e. The Bertz CT molecular complexity index is 512. The topological polar surface area (TPSA) is 44.8 Å². The SMILES string of the molecule is CCCCOc1ccc(/C=C/C(=O)OC(C)(C)C)cc1OC. The zero-order chi connectivity index (χ0) is 16.6. The van der Waals surface area contributed by atoms with Gasteiger partial charge in [0.15, 0.2) is 11.5 Å². The molecule has 0 heterocycles. The predicted octanol–water partition coefficient (Wildman–Crippen LogP) is 4.23. The molecule has 0 aliphatic rings. The predicted molar refractivity (Wildman–Crippen MR) is 88.3 cm³/mol. The molecule has 122 valence electrons. The number of hydrogen-bond acceptors (Lipinski definition) is 4. The summed E-state index contributed by atoms with van der Waals surface area (Å²) in [5.41, 5.74) is 0.362. The van der Waals surface area contributed by atoms with Gasteiger partial charge < -0.3 is 14.2 Å². The molecule has 1 rings (SSSR count). The monoisotopic (exact) mass is 306 g/mol. The lowest BCUT2D eigenvalue weighted by Crippen LogP contribution is -2.22. The Balaban J connectivity index is 2.74. The zero-order valence-corrected chi connectivity index (χ0v) is 14.1. The third-order valence-electron chi connectivity index (χ3n) is 2.76. The average molecular weight is 306 g/mol. The lowest BCUT2D eigenvalue weighted by Gasteiger charge is -2.17. The number of benzene rings is 1. The molecule has 0 radical (unpaired) electrons. The van der Waals surface area contributed by atoms with E-state index >= 15 is 0 Å². The van der Waals surface area contributed by atoms with Gasteiger partial charge in [-0.25, -0.2) is 4.79 Å². The molecule has 0 saturated heterocycles. The van der Waals surface area contributed by atoms with Crippen LogP contribution in [0.2, 0.25) is 0 Å². The second-order valence-corrected chi connectivity index (χ2v) is 5.98. The minimum atomic E-state index is -0.490. The maximum absolute atomic E-state index is 11.7. The van der Waals surface area contributed by atoms with E-state index in [9.17, 15) is 4.79 Å². The van der Waals surface area contributed by atoms with Crippen LogP contribution in [0.3, 0.4) is 0 Å². The summed E-state index contributed by atoms with van der Waals surface area (Å²) in [4.78, 5) is 11.7. The number of methoxy groups -OCH3 is 1. The maximum Gasteiger partial charge on any atom is 0.331 e. The van der Waals surface area contributed by atoms with E-state index in [4.69, 9.17) is 14.2 Å². The number of esters is 1. The molecule has 0 bridgehead atoms. The summed E-state index contributed by atoms with van der Waals surface area (Å²) in [6, 6.07) is 5.57. The number of carbonyl (C=O) groups excluding carboxylic acids is 1. The summed E-state index contributed by atoms with van der Waals surface area (Å²) < 4.78 is 16.2. The van der Waals surface area contributed by atoms with E-state index in [-0.39, 0.29) is 5.97 Å². The fraction of sp³-hybridized carbons (Fsp3) is 0.500. The second-order valence-electron chi connectivity index (χ2n) is 5.98. The standard InChI is InChI=1S/C18H26O4/c1-6-7-12-21-15-10-8-14(13-16(15)20-5)9-11-17(19)22-18(2,3)4/h8-11,13H,6-7,12H2,1-5H3/b11-9+. The van der Waals surface area contributed by atoms with Gasteiger partial charge in [0.25, 0.3) is 0 Å². The molecule has 0 aromatic heterocycles. The van der Waals surface area contributed by atoms with Crippen LogP contribution in [0.25, 0.3) is 6.08 Å². The Morgan fingerprint density at radius 1 is 1.23 bits per heavy atom.